The topological polar surface area (TPSA) is 119 Å². The smallest absolute Gasteiger partial charge is 0.239 e. The van der Waals surface area contributed by atoms with Gasteiger partial charge in [-0.05, 0) is 18.2 Å². The molecule has 0 saturated carbocycles. The minimum Gasteiger partial charge on any atom is -0.508 e. The van der Waals surface area contributed by atoms with Crippen LogP contribution in [0.2, 0.25) is 0 Å². The van der Waals surface area contributed by atoms with Crippen LogP contribution in [0.3, 0.4) is 0 Å². The van der Waals surface area contributed by atoms with Crippen LogP contribution in [0.4, 0.5) is 8.78 Å². The number of aliphatic hydroxyl groups excluding tert-OH is 1. The normalized spacial score (nSPS) is 11.2. The monoisotopic (exact) mass is 438 g/mol. The first-order valence-electron chi connectivity index (χ1n) is 9.29. The third kappa shape index (κ3) is 5.29. The van der Waals surface area contributed by atoms with E-state index in [1.54, 1.807) is 0 Å². The van der Waals surface area contributed by atoms with Crippen molar-refractivity contribution in [2.45, 2.75) is 0 Å². The number of ether oxygens (including phenoxy) is 3. The molecule has 0 fully saturated rings. The summed E-state index contributed by atoms with van der Waals surface area (Å²) in [7, 11) is 0. The summed E-state index contributed by atoms with van der Waals surface area (Å²) < 4.78 is 48.6. The molecule has 166 valence electrons. The van der Waals surface area contributed by atoms with Crippen molar-refractivity contribution in [1.29, 1.82) is 0 Å². The molecule has 3 N–H and O–H groups in total. The third-order valence-corrected chi connectivity index (χ3v) is 4.18. The van der Waals surface area contributed by atoms with E-state index in [1.807, 2.05) is 0 Å². The molecule has 3 aromatic rings. The van der Waals surface area contributed by atoms with Gasteiger partial charge in [-0.3, -0.25) is 4.79 Å². The Labute approximate surface area is 174 Å². The van der Waals surface area contributed by atoms with Crippen molar-refractivity contribution in [2.24, 2.45) is 0 Å². The molecule has 0 amide bonds. The Morgan fingerprint density at radius 3 is 2.32 bits per heavy atom. The summed E-state index contributed by atoms with van der Waals surface area (Å²) in [6.07, 6.45) is 0. The predicted octanol–water partition coefficient (Wildman–Crippen LogP) is 2.55. The van der Waals surface area contributed by atoms with E-state index in [0.717, 1.165) is 24.3 Å². The highest BCUT2D eigenvalue weighted by atomic mass is 19.2. The largest absolute Gasteiger partial charge is 0.508 e. The molecule has 0 aliphatic rings. The number of benzene rings is 2. The number of rotatable bonds is 10. The Balaban J connectivity index is 1.91. The summed E-state index contributed by atoms with van der Waals surface area (Å²) in [6, 6.07) is 4.99. The van der Waals surface area contributed by atoms with Crippen LogP contribution in [-0.4, -0.2) is 55.0 Å². The third-order valence-electron chi connectivity index (χ3n) is 4.18. The molecule has 1 aromatic heterocycles. The molecule has 0 spiro atoms. The number of halogens is 2. The van der Waals surface area contributed by atoms with Crippen molar-refractivity contribution in [2.75, 3.05) is 39.6 Å². The second-order valence-corrected chi connectivity index (χ2v) is 6.35. The lowest BCUT2D eigenvalue weighted by Gasteiger charge is -2.13. The number of hydrogen-bond donors (Lipinski definition) is 3. The molecule has 0 saturated heterocycles. The van der Waals surface area contributed by atoms with Crippen molar-refractivity contribution in [3.8, 4) is 28.6 Å². The molecule has 0 atom stereocenters. The first kappa shape index (κ1) is 22.5. The summed E-state index contributed by atoms with van der Waals surface area (Å²) in [5, 5.41) is 28.1. The molecule has 1 heterocycles. The van der Waals surface area contributed by atoms with Crippen LogP contribution in [0.25, 0.3) is 22.3 Å². The number of fused-ring (bicyclic) bond motifs is 1. The molecule has 0 aliphatic heterocycles. The van der Waals surface area contributed by atoms with Gasteiger partial charge in [0.2, 0.25) is 11.2 Å². The molecule has 0 radical (unpaired) electrons. The Kier molecular flexibility index (Phi) is 7.40. The number of phenols is 2. The lowest BCUT2D eigenvalue weighted by Crippen LogP contribution is -2.16. The van der Waals surface area contributed by atoms with Gasteiger partial charge in [0.15, 0.2) is 17.4 Å². The average Bonchev–Trinajstić information content (AvgIpc) is 2.72. The van der Waals surface area contributed by atoms with Gasteiger partial charge in [0.05, 0.1) is 33.0 Å². The van der Waals surface area contributed by atoms with E-state index in [1.165, 1.54) is 6.07 Å². The van der Waals surface area contributed by atoms with Crippen LogP contribution in [0, 0.1) is 11.6 Å². The Morgan fingerprint density at radius 1 is 0.903 bits per heavy atom. The van der Waals surface area contributed by atoms with Gasteiger partial charge >= 0.3 is 0 Å². The summed E-state index contributed by atoms with van der Waals surface area (Å²) in [5.74, 6) is -3.65. The van der Waals surface area contributed by atoms with Crippen molar-refractivity contribution in [3.05, 3.63) is 52.2 Å². The van der Waals surface area contributed by atoms with E-state index in [9.17, 15) is 23.8 Å². The zero-order chi connectivity index (χ0) is 22.4. The predicted molar refractivity (Wildman–Crippen MR) is 105 cm³/mol. The number of aromatic hydroxyl groups is 2. The quantitative estimate of drug-likeness (QED) is 0.414. The first-order valence-corrected chi connectivity index (χ1v) is 9.29. The molecular formula is C21H20F2O8. The van der Waals surface area contributed by atoms with E-state index in [4.69, 9.17) is 23.7 Å². The second-order valence-electron chi connectivity index (χ2n) is 6.35. The number of aliphatic hydroxyl groups is 1. The van der Waals surface area contributed by atoms with Gasteiger partial charge in [-0.1, -0.05) is 0 Å². The number of phenolic OH excluding ortho intramolecular Hbond substituents is 2. The van der Waals surface area contributed by atoms with Crippen LogP contribution in [0.5, 0.6) is 17.2 Å². The van der Waals surface area contributed by atoms with Crippen molar-refractivity contribution in [1.82, 2.24) is 0 Å². The average molecular weight is 438 g/mol. The molecule has 8 nitrogen and oxygen atoms in total. The van der Waals surface area contributed by atoms with Gasteiger partial charge < -0.3 is 33.9 Å². The fourth-order valence-electron chi connectivity index (χ4n) is 2.82. The standard InChI is InChI=1S/C21H20F2O8/c22-14-2-1-12(9-15(14)23)20-21(30-8-7-29-6-5-28-4-3-24)19(27)18-16(26)10-13(25)11-17(18)31-20/h1-2,9-11,24-26H,3-8H2. The molecule has 31 heavy (non-hydrogen) atoms. The molecule has 0 bridgehead atoms. The zero-order valence-electron chi connectivity index (χ0n) is 16.3. The molecular weight excluding hydrogens is 418 g/mol. The van der Waals surface area contributed by atoms with Gasteiger partial charge in [0.25, 0.3) is 0 Å². The van der Waals surface area contributed by atoms with Crippen LogP contribution >= 0.6 is 0 Å². The molecule has 10 heteroatoms. The Morgan fingerprint density at radius 2 is 1.61 bits per heavy atom. The van der Waals surface area contributed by atoms with Crippen molar-refractivity contribution < 1.29 is 42.7 Å². The first-order chi connectivity index (χ1) is 14.9. The van der Waals surface area contributed by atoms with Crippen LogP contribution in [-0.2, 0) is 9.47 Å². The summed E-state index contributed by atoms with van der Waals surface area (Å²) in [4.78, 5) is 13.0. The summed E-state index contributed by atoms with van der Waals surface area (Å²) in [6.45, 7) is 0.555. The highest BCUT2D eigenvalue weighted by molar-refractivity contribution is 5.88. The van der Waals surface area contributed by atoms with Crippen LogP contribution in [0.15, 0.2) is 39.5 Å². The number of hydrogen-bond acceptors (Lipinski definition) is 8. The maximum absolute atomic E-state index is 13.8. The lowest BCUT2D eigenvalue weighted by atomic mass is 10.1. The van der Waals surface area contributed by atoms with Gasteiger partial charge in [-0.2, -0.15) is 0 Å². The maximum atomic E-state index is 13.8. The van der Waals surface area contributed by atoms with E-state index < -0.39 is 22.8 Å². The van der Waals surface area contributed by atoms with Gasteiger partial charge in [0.1, 0.15) is 29.1 Å². The fourth-order valence-corrected chi connectivity index (χ4v) is 2.82. The molecule has 0 aliphatic carbocycles. The molecule has 3 rings (SSSR count). The highest BCUT2D eigenvalue weighted by Gasteiger charge is 2.21. The van der Waals surface area contributed by atoms with Crippen LogP contribution < -0.4 is 10.2 Å². The Hall–Kier alpha value is -3.21. The minimum absolute atomic E-state index is 0.0223. The van der Waals surface area contributed by atoms with E-state index in [2.05, 4.69) is 0 Å². The van der Waals surface area contributed by atoms with Crippen molar-refractivity contribution in [3.63, 3.8) is 0 Å². The highest BCUT2D eigenvalue weighted by Crippen LogP contribution is 2.36. The van der Waals surface area contributed by atoms with E-state index in [-0.39, 0.29) is 73.4 Å². The van der Waals surface area contributed by atoms with Gasteiger partial charge in [0, 0.05) is 17.7 Å². The van der Waals surface area contributed by atoms with Gasteiger partial charge in [-0.25, -0.2) is 8.78 Å². The van der Waals surface area contributed by atoms with Crippen molar-refractivity contribution >= 4 is 11.0 Å². The van der Waals surface area contributed by atoms with E-state index >= 15 is 0 Å². The minimum atomic E-state index is -1.16. The van der Waals surface area contributed by atoms with E-state index in [0.29, 0.717) is 0 Å². The van der Waals surface area contributed by atoms with Crippen LogP contribution in [0.1, 0.15) is 0 Å². The SMILES string of the molecule is O=c1c(OCCOCCOCCO)c(-c2ccc(F)c(F)c2)oc2cc(O)cc(O)c12. The lowest BCUT2D eigenvalue weighted by molar-refractivity contribution is 0.0246. The maximum Gasteiger partial charge on any atom is 0.239 e. The molecule has 0 unspecified atom stereocenters. The second kappa shape index (κ2) is 10.2. The molecule has 2 aromatic carbocycles. The summed E-state index contributed by atoms with van der Waals surface area (Å²) >= 11 is 0. The summed E-state index contributed by atoms with van der Waals surface area (Å²) in [5.41, 5.74) is -0.898. The van der Waals surface area contributed by atoms with Gasteiger partial charge in [-0.15, -0.1) is 0 Å². The zero-order valence-corrected chi connectivity index (χ0v) is 16.3. The fraction of sp³-hybridized carbons (Fsp3) is 0.286. The Bertz CT molecular complexity index is 1110.